The molecular weight excluding hydrogens is 578 g/mol. The molecule has 0 aromatic heterocycles. The zero-order chi connectivity index (χ0) is 32.6. The second-order valence-electron chi connectivity index (χ2n) is 12.4. The molecular formula is C35H29NO9. The maximum atomic E-state index is 14.1. The minimum Gasteiger partial charge on any atom is -0.506 e. The van der Waals surface area contributed by atoms with Gasteiger partial charge in [-0.05, 0) is 83.9 Å². The lowest BCUT2D eigenvalue weighted by atomic mass is 9.75. The van der Waals surface area contributed by atoms with E-state index in [2.05, 4.69) is 6.08 Å². The first-order chi connectivity index (χ1) is 21.1. The van der Waals surface area contributed by atoms with E-state index in [-0.39, 0.29) is 39.1 Å². The van der Waals surface area contributed by atoms with Gasteiger partial charge in [0.1, 0.15) is 34.0 Å². The summed E-state index contributed by atoms with van der Waals surface area (Å²) in [6.45, 7) is 9.45. The molecule has 0 fully saturated rings. The maximum absolute atomic E-state index is 14.1. The number of aliphatic hydroxyl groups excluding tert-OH is 1. The normalized spacial score (nSPS) is 21.0. The Morgan fingerprint density at radius 2 is 1.42 bits per heavy atom. The number of rotatable bonds is 5. The van der Waals surface area contributed by atoms with Crippen LogP contribution in [0.1, 0.15) is 95.2 Å². The Balaban J connectivity index is 1.51. The number of carbonyl (C=O) groups excluding carboxylic acids is 4. The van der Waals surface area contributed by atoms with Gasteiger partial charge >= 0.3 is 5.70 Å². The fourth-order valence-corrected chi connectivity index (χ4v) is 6.09. The predicted octanol–water partition coefficient (Wildman–Crippen LogP) is 6.43. The van der Waals surface area contributed by atoms with Gasteiger partial charge in [-0.2, -0.15) is 0 Å². The van der Waals surface area contributed by atoms with Gasteiger partial charge in [0.25, 0.3) is 5.78 Å². The van der Waals surface area contributed by atoms with E-state index in [1.54, 1.807) is 38.2 Å². The molecule has 2 aromatic carbocycles. The second kappa shape index (κ2) is 10.1. The van der Waals surface area contributed by atoms with Gasteiger partial charge < -0.3 is 14.6 Å². The molecule has 2 aromatic rings. The van der Waals surface area contributed by atoms with Crippen LogP contribution in [0.4, 0.5) is 0 Å². The maximum Gasteiger partial charge on any atom is 0.328 e. The van der Waals surface area contributed by atoms with Crippen molar-refractivity contribution < 1.29 is 38.7 Å². The monoisotopic (exact) mass is 607 g/mol. The molecule has 0 saturated carbocycles. The Hall–Kier alpha value is -5.38. The first-order valence-corrected chi connectivity index (χ1v) is 14.4. The summed E-state index contributed by atoms with van der Waals surface area (Å²) in [5, 5.41) is 23.7. The number of nitro groups is 1. The highest BCUT2D eigenvalue weighted by Crippen LogP contribution is 2.45. The van der Waals surface area contributed by atoms with Crippen molar-refractivity contribution in [1.82, 2.24) is 0 Å². The number of ketones is 4. The molecule has 0 amide bonds. The van der Waals surface area contributed by atoms with Crippen molar-refractivity contribution >= 4 is 41.0 Å². The molecule has 0 unspecified atom stereocenters. The lowest BCUT2D eigenvalue weighted by Gasteiger charge is -2.33. The van der Waals surface area contributed by atoms with Crippen LogP contribution in [0, 0.1) is 10.1 Å². The average Bonchev–Trinajstić information content (AvgIpc) is 2.96. The standard InChI is InChI=1S/C35H29NO9/c1-17(2)7-6-14-35(5)16-13-19-23(45-35)11-8-20-25(19)32(40)33(41)27(29(20)37)26-28(36(42)43)30(38)21-9-10-22-18(24(21)31(26)39)12-15-34(3,4)44-22/h7-13,15-16,37H,6,14H2,1-5H3/t35-/m1/s1. The molecule has 0 radical (unpaired) electrons. The number of allylic oxidation sites excluding steroid dienone is 5. The van der Waals surface area contributed by atoms with Crippen LogP contribution in [0.2, 0.25) is 0 Å². The number of hydrogen-bond acceptors (Lipinski definition) is 9. The lowest BCUT2D eigenvalue weighted by Crippen LogP contribution is -2.35. The third-order valence-electron chi connectivity index (χ3n) is 8.31. The number of fused-ring (bicyclic) bond motifs is 6. The van der Waals surface area contributed by atoms with Gasteiger partial charge in [-0.15, -0.1) is 0 Å². The fourth-order valence-electron chi connectivity index (χ4n) is 6.09. The zero-order valence-electron chi connectivity index (χ0n) is 25.3. The largest absolute Gasteiger partial charge is 0.506 e. The van der Waals surface area contributed by atoms with Gasteiger partial charge in [0.05, 0.1) is 10.5 Å². The Morgan fingerprint density at radius 1 is 0.822 bits per heavy atom. The molecule has 1 N–H and O–H groups in total. The summed E-state index contributed by atoms with van der Waals surface area (Å²) >= 11 is 0. The highest BCUT2D eigenvalue weighted by molar-refractivity contribution is 6.55. The summed E-state index contributed by atoms with van der Waals surface area (Å²) in [6.07, 6.45) is 10.1. The SMILES string of the molecule is CC(C)=CCC[C@]1(C)C=Cc2c(ccc3c2C(=O)C(=O)C(C2=C([N+](=O)[O-])C(=O)c4ccc5c(c4C2=O)C=CC(C)(C)O5)=C3O)O1. The first-order valence-electron chi connectivity index (χ1n) is 14.4. The molecule has 0 saturated heterocycles. The van der Waals surface area contributed by atoms with E-state index in [9.17, 15) is 34.4 Å². The van der Waals surface area contributed by atoms with Gasteiger partial charge in [0.2, 0.25) is 17.3 Å². The van der Waals surface area contributed by atoms with E-state index in [4.69, 9.17) is 9.47 Å². The fraction of sp³-hybridized carbons (Fsp3) is 0.257. The Bertz CT molecular complexity index is 1960. The van der Waals surface area contributed by atoms with E-state index in [1.807, 2.05) is 20.8 Å². The van der Waals surface area contributed by atoms with Gasteiger partial charge in [-0.25, -0.2) is 0 Å². The Kier molecular flexibility index (Phi) is 6.65. The zero-order valence-corrected chi connectivity index (χ0v) is 25.3. The van der Waals surface area contributed by atoms with Crippen LogP contribution in [-0.4, -0.2) is 44.4 Å². The minimum absolute atomic E-state index is 0.115. The molecule has 0 bridgehead atoms. The molecule has 10 heteroatoms. The molecule has 1 atom stereocenters. The Morgan fingerprint density at radius 3 is 2.07 bits per heavy atom. The minimum atomic E-state index is -1.35. The highest BCUT2D eigenvalue weighted by atomic mass is 16.6. The van der Waals surface area contributed by atoms with E-state index >= 15 is 0 Å². The van der Waals surface area contributed by atoms with Gasteiger partial charge in [0, 0.05) is 33.4 Å². The van der Waals surface area contributed by atoms with Crippen molar-refractivity contribution in [2.45, 2.75) is 58.7 Å². The molecule has 6 rings (SSSR count). The molecule has 228 valence electrons. The van der Waals surface area contributed by atoms with Crippen LogP contribution in [0.3, 0.4) is 0 Å². The van der Waals surface area contributed by atoms with E-state index in [1.165, 1.54) is 29.8 Å². The van der Waals surface area contributed by atoms with Crippen LogP contribution in [0.15, 0.2) is 64.9 Å². The summed E-state index contributed by atoms with van der Waals surface area (Å²) in [5.41, 5.74) is -3.58. The van der Waals surface area contributed by atoms with Crippen molar-refractivity contribution in [2.75, 3.05) is 0 Å². The summed E-state index contributed by atoms with van der Waals surface area (Å²) in [7, 11) is 0. The van der Waals surface area contributed by atoms with E-state index in [0.717, 1.165) is 6.42 Å². The summed E-state index contributed by atoms with van der Waals surface area (Å²) in [4.78, 5) is 66.2. The number of hydrogen-bond donors (Lipinski definition) is 1. The van der Waals surface area contributed by atoms with Crippen molar-refractivity contribution in [3.63, 3.8) is 0 Å². The van der Waals surface area contributed by atoms with Gasteiger partial charge in [-0.3, -0.25) is 29.3 Å². The summed E-state index contributed by atoms with van der Waals surface area (Å²) in [6, 6.07) is 5.59. The van der Waals surface area contributed by atoms with Crippen LogP contribution in [0.25, 0.3) is 17.9 Å². The number of benzene rings is 2. The van der Waals surface area contributed by atoms with Crippen molar-refractivity contribution in [2.24, 2.45) is 0 Å². The number of carbonyl (C=O) groups is 4. The van der Waals surface area contributed by atoms with Crippen LogP contribution >= 0.6 is 0 Å². The van der Waals surface area contributed by atoms with Crippen molar-refractivity contribution in [3.8, 4) is 11.5 Å². The van der Waals surface area contributed by atoms with Crippen molar-refractivity contribution in [1.29, 1.82) is 0 Å². The third kappa shape index (κ3) is 4.64. The first kappa shape index (κ1) is 29.7. The molecule has 4 aliphatic rings. The number of nitrogens with zero attached hydrogens (tertiary/aromatic N) is 1. The summed E-state index contributed by atoms with van der Waals surface area (Å²) in [5.74, 6) is -4.89. The van der Waals surface area contributed by atoms with Crippen LogP contribution in [-0.2, 0) is 4.79 Å². The molecule has 2 aliphatic carbocycles. The third-order valence-corrected chi connectivity index (χ3v) is 8.31. The molecule has 0 spiro atoms. The summed E-state index contributed by atoms with van der Waals surface area (Å²) < 4.78 is 12.1. The second-order valence-corrected chi connectivity index (χ2v) is 12.4. The van der Waals surface area contributed by atoms with E-state index in [0.29, 0.717) is 12.2 Å². The molecule has 10 nitrogen and oxygen atoms in total. The number of aliphatic hydroxyl groups is 1. The number of ether oxygens (including phenoxy) is 2. The van der Waals surface area contributed by atoms with Crippen LogP contribution in [0.5, 0.6) is 11.5 Å². The lowest BCUT2D eigenvalue weighted by molar-refractivity contribution is -0.417. The average molecular weight is 608 g/mol. The quantitative estimate of drug-likeness (QED) is 0.176. The highest BCUT2D eigenvalue weighted by Gasteiger charge is 2.49. The smallest absolute Gasteiger partial charge is 0.328 e. The topological polar surface area (TPSA) is 150 Å². The predicted molar refractivity (Wildman–Crippen MR) is 165 cm³/mol. The van der Waals surface area contributed by atoms with Crippen molar-refractivity contribution in [3.05, 3.63) is 108 Å². The molecule has 45 heavy (non-hydrogen) atoms. The van der Waals surface area contributed by atoms with E-state index < -0.39 is 61.9 Å². The van der Waals surface area contributed by atoms with Crippen LogP contribution < -0.4 is 9.47 Å². The molecule has 2 heterocycles. The van der Waals surface area contributed by atoms with Gasteiger partial charge in [0.15, 0.2) is 0 Å². The van der Waals surface area contributed by atoms with Gasteiger partial charge in [-0.1, -0.05) is 23.8 Å². The Labute approximate surface area is 258 Å². The number of Topliss-reactive ketones (excluding diaryl/α,β-unsaturated/α-hetero) is 4. The molecule has 2 aliphatic heterocycles.